The van der Waals surface area contributed by atoms with Crippen molar-refractivity contribution in [1.29, 1.82) is 0 Å². The molecule has 0 unspecified atom stereocenters. The van der Waals surface area contributed by atoms with Gasteiger partial charge in [0, 0.05) is 12.1 Å². The molecule has 0 heterocycles. The first-order valence-corrected chi connectivity index (χ1v) is 6.09. The summed E-state index contributed by atoms with van der Waals surface area (Å²) < 4.78 is 0. The molecule has 0 aliphatic heterocycles. The van der Waals surface area contributed by atoms with Crippen molar-refractivity contribution in [2.45, 2.75) is 70.6 Å². The van der Waals surface area contributed by atoms with Crippen LogP contribution in [0.25, 0.3) is 0 Å². The molecule has 1 aliphatic carbocycles. The standard InChI is InChI=1S/C12H25NO/c1-4-10(5-2)13(3)11-6-8-12(14)9-7-11/h10-12,14H,4-9H2,1-3H3. The van der Waals surface area contributed by atoms with Crippen LogP contribution in [-0.4, -0.2) is 35.2 Å². The topological polar surface area (TPSA) is 23.5 Å². The van der Waals surface area contributed by atoms with E-state index in [4.69, 9.17) is 0 Å². The zero-order chi connectivity index (χ0) is 10.6. The lowest BCUT2D eigenvalue weighted by molar-refractivity contribution is 0.0648. The number of hydrogen-bond donors (Lipinski definition) is 1. The zero-order valence-electron chi connectivity index (χ0n) is 9.87. The Kier molecular flexibility index (Phi) is 4.90. The van der Waals surface area contributed by atoms with Crippen LogP contribution < -0.4 is 0 Å². The molecule has 1 saturated carbocycles. The van der Waals surface area contributed by atoms with Gasteiger partial charge in [0.25, 0.3) is 0 Å². The highest BCUT2D eigenvalue weighted by molar-refractivity contribution is 4.80. The summed E-state index contributed by atoms with van der Waals surface area (Å²) in [4.78, 5) is 2.53. The summed E-state index contributed by atoms with van der Waals surface area (Å²) in [5, 5.41) is 9.44. The lowest BCUT2D eigenvalue weighted by Crippen LogP contribution is -2.42. The molecule has 1 fully saturated rings. The second-order valence-corrected chi connectivity index (χ2v) is 4.60. The molecule has 1 aliphatic rings. The van der Waals surface area contributed by atoms with E-state index in [9.17, 15) is 5.11 Å². The van der Waals surface area contributed by atoms with E-state index in [2.05, 4.69) is 25.8 Å². The van der Waals surface area contributed by atoms with Gasteiger partial charge in [-0.3, -0.25) is 0 Å². The average molecular weight is 199 g/mol. The molecule has 0 saturated heterocycles. The molecule has 0 aromatic carbocycles. The fourth-order valence-electron chi connectivity index (χ4n) is 2.63. The molecule has 1 N–H and O–H groups in total. The van der Waals surface area contributed by atoms with Crippen molar-refractivity contribution in [3.8, 4) is 0 Å². The van der Waals surface area contributed by atoms with Gasteiger partial charge in [-0.25, -0.2) is 0 Å². The lowest BCUT2D eigenvalue weighted by Gasteiger charge is -2.37. The van der Waals surface area contributed by atoms with E-state index in [1.54, 1.807) is 0 Å². The van der Waals surface area contributed by atoms with Crippen LogP contribution in [0.1, 0.15) is 52.4 Å². The second kappa shape index (κ2) is 5.72. The minimum absolute atomic E-state index is 0.0265. The molecule has 0 radical (unpaired) electrons. The first-order valence-electron chi connectivity index (χ1n) is 6.09. The highest BCUT2D eigenvalue weighted by atomic mass is 16.3. The highest BCUT2D eigenvalue weighted by Gasteiger charge is 2.25. The van der Waals surface area contributed by atoms with Gasteiger partial charge in [-0.2, -0.15) is 0 Å². The maximum absolute atomic E-state index is 9.44. The van der Waals surface area contributed by atoms with Crippen LogP contribution in [0.3, 0.4) is 0 Å². The Morgan fingerprint density at radius 1 is 1.14 bits per heavy atom. The molecule has 0 spiro atoms. The van der Waals surface area contributed by atoms with Gasteiger partial charge in [0.2, 0.25) is 0 Å². The van der Waals surface area contributed by atoms with Crippen molar-refractivity contribution < 1.29 is 5.11 Å². The minimum Gasteiger partial charge on any atom is -0.393 e. The largest absolute Gasteiger partial charge is 0.393 e. The van der Waals surface area contributed by atoms with Crippen LogP contribution in [0.4, 0.5) is 0 Å². The summed E-state index contributed by atoms with van der Waals surface area (Å²) in [6.07, 6.45) is 6.80. The number of aliphatic hydroxyl groups excluding tert-OH is 1. The average Bonchev–Trinajstić information content (AvgIpc) is 2.20. The molecular weight excluding hydrogens is 174 g/mol. The summed E-state index contributed by atoms with van der Waals surface area (Å²) in [7, 11) is 2.25. The smallest absolute Gasteiger partial charge is 0.0541 e. The van der Waals surface area contributed by atoms with Crippen molar-refractivity contribution >= 4 is 0 Å². The molecule has 0 atom stereocenters. The van der Waals surface area contributed by atoms with E-state index in [-0.39, 0.29) is 6.10 Å². The third-order valence-electron chi connectivity index (χ3n) is 3.76. The summed E-state index contributed by atoms with van der Waals surface area (Å²) in [6.45, 7) is 4.53. The summed E-state index contributed by atoms with van der Waals surface area (Å²) in [5.41, 5.74) is 0. The Bertz CT molecular complexity index is 148. The van der Waals surface area contributed by atoms with Crippen LogP contribution in [-0.2, 0) is 0 Å². The van der Waals surface area contributed by atoms with Gasteiger partial charge in [0.1, 0.15) is 0 Å². The molecule has 0 aromatic rings. The van der Waals surface area contributed by atoms with Crippen molar-refractivity contribution in [2.75, 3.05) is 7.05 Å². The van der Waals surface area contributed by atoms with E-state index in [1.165, 1.54) is 25.7 Å². The monoisotopic (exact) mass is 199 g/mol. The molecule has 14 heavy (non-hydrogen) atoms. The molecule has 2 nitrogen and oxygen atoms in total. The first-order chi connectivity index (χ1) is 6.69. The molecule has 2 heteroatoms. The maximum Gasteiger partial charge on any atom is 0.0541 e. The van der Waals surface area contributed by atoms with E-state index in [0.29, 0.717) is 6.04 Å². The van der Waals surface area contributed by atoms with Crippen molar-refractivity contribution in [3.05, 3.63) is 0 Å². The van der Waals surface area contributed by atoms with Crippen LogP contribution in [0.5, 0.6) is 0 Å². The Morgan fingerprint density at radius 3 is 2.07 bits per heavy atom. The lowest BCUT2D eigenvalue weighted by atomic mass is 9.91. The van der Waals surface area contributed by atoms with Crippen molar-refractivity contribution in [1.82, 2.24) is 4.90 Å². The van der Waals surface area contributed by atoms with E-state index < -0.39 is 0 Å². The zero-order valence-corrected chi connectivity index (χ0v) is 9.87. The van der Waals surface area contributed by atoms with Crippen LogP contribution in [0, 0.1) is 0 Å². The van der Waals surface area contributed by atoms with Crippen molar-refractivity contribution in [3.63, 3.8) is 0 Å². The van der Waals surface area contributed by atoms with Gasteiger partial charge in [0.15, 0.2) is 0 Å². The SMILES string of the molecule is CCC(CC)N(C)C1CCC(O)CC1. The third kappa shape index (κ3) is 2.96. The number of nitrogens with zero attached hydrogens (tertiary/aromatic N) is 1. The molecule has 0 aromatic heterocycles. The summed E-state index contributed by atoms with van der Waals surface area (Å²) in [5.74, 6) is 0. The van der Waals surface area contributed by atoms with Gasteiger partial charge >= 0.3 is 0 Å². The predicted octanol–water partition coefficient (Wildman–Crippen LogP) is 2.41. The Labute approximate surface area is 88.3 Å². The van der Waals surface area contributed by atoms with Gasteiger partial charge < -0.3 is 10.0 Å². The fourth-order valence-corrected chi connectivity index (χ4v) is 2.63. The molecule has 84 valence electrons. The van der Waals surface area contributed by atoms with Gasteiger partial charge in [-0.15, -0.1) is 0 Å². The predicted molar refractivity (Wildman–Crippen MR) is 60.4 cm³/mol. The maximum atomic E-state index is 9.44. The summed E-state index contributed by atoms with van der Waals surface area (Å²) >= 11 is 0. The van der Waals surface area contributed by atoms with E-state index in [1.807, 2.05) is 0 Å². The Balaban J connectivity index is 2.39. The van der Waals surface area contributed by atoms with Crippen LogP contribution >= 0.6 is 0 Å². The van der Waals surface area contributed by atoms with Gasteiger partial charge in [-0.1, -0.05) is 13.8 Å². The van der Waals surface area contributed by atoms with E-state index in [0.717, 1.165) is 18.9 Å². The number of rotatable bonds is 4. The third-order valence-corrected chi connectivity index (χ3v) is 3.76. The van der Waals surface area contributed by atoms with Crippen molar-refractivity contribution in [2.24, 2.45) is 0 Å². The second-order valence-electron chi connectivity index (χ2n) is 4.60. The van der Waals surface area contributed by atoms with E-state index >= 15 is 0 Å². The highest BCUT2D eigenvalue weighted by Crippen LogP contribution is 2.24. The normalized spacial score (nSPS) is 28.7. The molecule has 0 bridgehead atoms. The molecule has 0 amide bonds. The minimum atomic E-state index is -0.0265. The molecular formula is C12H25NO. The summed E-state index contributed by atoms with van der Waals surface area (Å²) in [6, 6.07) is 1.44. The quantitative estimate of drug-likeness (QED) is 0.751. The van der Waals surface area contributed by atoms with Gasteiger partial charge in [0.05, 0.1) is 6.10 Å². The Hall–Kier alpha value is -0.0800. The van der Waals surface area contributed by atoms with Crippen LogP contribution in [0.2, 0.25) is 0 Å². The number of aliphatic hydroxyl groups is 1. The number of hydrogen-bond acceptors (Lipinski definition) is 2. The Morgan fingerprint density at radius 2 is 1.64 bits per heavy atom. The van der Waals surface area contributed by atoms with Gasteiger partial charge in [-0.05, 0) is 45.6 Å². The van der Waals surface area contributed by atoms with Crippen LogP contribution in [0.15, 0.2) is 0 Å². The molecule has 1 rings (SSSR count). The fraction of sp³-hybridized carbons (Fsp3) is 1.00. The first kappa shape index (κ1) is 12.0.